The molecule has 0 saturated carbocycles. The molecule has 70 valence electrons. The Kier molecular flexibility index (Phi) is 2.27. The SMILES string of the molecule is O=C1CC(C(F)(F)F)C(CO)N1. The lowest BCUT2D eigenvalue weighted by atomic mass is 10.0. The van der Waals surface area contributed by atoms with Crippen LogP contribution in [0.2, 0.25) is 0 Å². The van der Waals surface area contributed by atoms with Gasteiger partial charge in [0.05, 0.1) is 18.6 Å². The summed E-state index contributed by atoms with van der Waals surface area (Å²) in [5.74, 6) is -2.40. The highest BCUT2D eigenvalue weighted by atomic mass is 19.4. The highest BCUT2D eigenvalue weighted by molar-refractivity contribution is 5.79. The fraction of sp³-hybridized carbons (Fsp3) is 0.833. The van der Waals surface area contributed by atoms with Crippen molar-refractivity contribution in [2.45, 2.75) is 18.6 Å². The molecule has 12 heavy (non-hydrogen) atoms. The zero-order valence-corrected chi connectivity index (χ0v) is 6.06. The Bertz CT molecular complexity index is 192. The number of alkyl halides is 3. The van der Waals surface area contributed by atoms with Crippen LogP contribution < -0.4 is 5.32 Å². The van der Waals surface area contributed by atoms with Gasteiger partial charge in [-0.1, -0.05) is 0 Å². The van der Waals surface area contributed by atoms with Gasteiger partial charge in [0.2, 0.25) is 5.91 Å². The molecular formula is C6H8F3NO2. The van der Waals surface area contributed by atoms with Gasteiger partial charge in [-0.3, -0.25) is 4.79 Å². The zero-order valence-electron chi connectivity index (χ0n) is 6.06. The normalized spacial score (nSPS) is 30.5. The van der Waals surface area contributed by atoms with Crippen LogP contribution >= 0.6 is 0 Å². The summed E-state index contributed by atoms with van der Waals surface area (Å²) in [7, 11) is 0. The highest BCUT2D eigenvalue weighted by Crippen LogP contribution is 2.34. The summed E-state index contributed by atoms with van der Waals surface area (Å²) < 4.78 is 36.2. The lowest BCUT2D eigenvalue weighted by molar-refractivity contribution is -0.179. The number of carbonyl (C=O) groups is 1. The van der Waals surface area contributed by atoms with Crippen molar-refractivity contribution in [3.63, 3.8) is 0 Å². The Hall–Kier alpha value is -0.780. The summed E-state index contributed by atoms with van der Waals surface area (Å²) in [6.07, 6.45) is -4.98. The van der Waals surface area contributed by atoms with Gasteiger partial charge in [0.1, 0.15) is 0 Å². The third-order valence-electron chi connectivity index (χ3n) is 1.85. The molecule has 6 heteroatoms. The maximum Gasteiger partial charge on any atom is 0.394 e. The maximum absolute atomic E-state index is 12.1. The molecule has 0 radical (unpaired) electrons. The van der Waals surface area contributed by atoms with E-state index in [0.717, 1.165) is 0 Å². The van der Waals surface area contributed by atoms with Crippen LogP contribution in [0.25, 0.3) is 0 Å². The summed E-state index contributed by atoms with van der Waals surface area (Å²) in [5, 5.41) is 10.6. The van der Waals surface area contributed by atoms with Crippen molar-refractivity contribution in [3.8, 4) is 0 Å². The molecule has 0 aromatic carbocycles. The number of hydrogen-bond acceptors (Lipinski definition) is 2. The Morgan fingerprint density at radius 1 is 1.58 bits per heavy atom. The molecule has 1 heterocycles. The van der Waals surface area contributed by atoms with Crippen LogP contribution in [0.4, 0.5) is 13.2 Å². The molecule has 1 saturated heterocycles. The molecule has 0 bridgehead atoms. The number of carbonyl (C=O) groups excluding carboxylic acids is 1. The molecule has 1 aliphatic rings. The number of halogens is 3. The van der Waals surface area contributed by atoms with Crippen molar-refractivity contribution in [2.24, 2.45) is 5.92 Å². The molecule has 0 spiro atoms. The van der Waals surface area contributed by atoms with E-state index in [0.29, 0.717) is 0 Å². The van der Waals surface area contributed by atoms with Gasteiger partial charge in [0, 0.05) is 6.42 Å². The zero-order chi connectivity index (χ0) is 9.35. The molecule has 0 aliphatic carbocycles. The monoisotopic (exact) mass is 183 g/mol. The van der Waals surface area contributed by atoms with Gasteiger partial charge in [0.15, 0.2) is 0 Å². The van der Waals surface area contributed by atoms with E-state index < -0.39 is 37.1 Å². The number of rotatable bonds is 1. The average molecular weight is 183 g/mol. The molecule has 1 rings (SSSR count). The summed E-state index contributed by atoms with van der Waals surface area (Å²) in [6.45, 7) is -0.671. The molecule has 0 aromatic heterocycles. The van der Waals surface area contributed by atoms with Gasteiger partial charge in [-0.15, -0.1) is 0 Å². The molecule has 2 atom stereocenters. The van der Waals surface area contributed by atoms with Gasteiger partial charge in [-0.2, -0.15) is 13.2 Å². The van der Waals surface area contributed by atoms with E-state index in [1.54, 1.807) is 0 Å². The maximum atomic E-state index is 12.1. The van der Waals surface area contributed by atoms with E-state index >= 15 is 0 Å². The second kappa shape index (κ2) is 2.93. The Balaban J connectivity index is 2.70. The van der Waals surface area contributed by atoms with Crippen molar-refractivity contribution in [3.05, 3.63) is 0 Å². The smallest absolute Gasteiger partial charge is 0.394 e. The summed E-state index contributed by atoms with van der Waals surface area (Å²) >= 11 is 0. The predicted molar refractivity (Wildman–Crippen MR) is 33.2 cm³/mol. The molecule has 1 aliphatic heterocycles. The summed E-state index contributed by atoms with van der Waals surface area (Å²) in [5.41, 5.74) is 0. The summed E-state index contributed by atoms with van der Waals surface area (Å²) in [4.78, 5) is 10.5. The first-order valence-electron chi connectivity index (χ1n) is 3.42. The van der Waals surface area contributed by atoms with Gasteiger partial charge in [-0.05, 0) is 0 Å². The fourth-order valence-electron chi connectivity index (χ4n) is 1.23. The molecule has 2 N–H and O–H groups in total. The lowest BCUT2D eigenvalue weighted by Gasteiger charge is -2.18. The Labute approximate surface area is 66.6 Å². The number of hydrogen-bond donors (Lipinski definition) is 2. The Morgan fingerprint density at radius 2 is 2.17 bits per heavy atom. The first-order chi connectivity index (χ1) is 5.45. The highest BCUT2D eigenvalue weighted by Gasteiger charge is 2.49. The lowest BCUT2D eigenvalue weighted by Crippen LogP contribution is -2.38. The average Bonchev–Trinajstić information content (AvgIpc) is 2.29. The van der Waals surface area contributed by atoms with Crippen molar-refractivity contribution in [2.75, 3.05) is 6.61 Å². The molecule has 2 unspecified atom stereocenters. The van der Waals surface area contributed by atoms with Crippen LogP contribution in [-0.4, -0.2) is 29.8 Å². The third-order valence-corrected chi connectivity index (χ3v) is 1.85. The minimum absolute atomic E-state index is 0.575. The quantitative estimate of drug-likeness (QED) is 0.603. The largest absolute Gasteiger partial charge is 0.394 e. The first-order valence-corrected chi connectivity index (χ1v) is 3.42. The van der Waals surface area contributed by atoms with Crippen molar-refractivity contribution in [1.29, 1.82) is 0 Å². The van der Waals surface area contributed by atoms with Crippen LogP contribution in [0.1, 0.15) is 6.42 Å². The van der Waals surface area contributed by atoms with E-state index in [1.807, 2.05) is 0 Å². The van der Waals surface area contributed by atoms with E-state index in [-0.39, 0.29) is 0 Å². The Morgan fingerprint density at radius 3 is 2.50 bits per heavy atom. The molecular weight excluding hydrogens is 175 g/mol. The number of amides is 1. The number of aliphatic hydroxyl groups is 1. The van der Waals surface area contributed by atoms with Gasteiger partial charge in [0.25, 0.3) is 0 Å². The van der Waals surface area contributed by atoms with Crippen LogP contribution in [0, 0.1) is 5.92 Å². The molecule has 1 fully saturated rings. The second-order valence-electron chi connectivity index (χ2n) is 2.71. The molecule has 0 aromatic rings. The topological polar surface area (TPSA) is 49.3 Å². The number of aliphatic hydroxyl groups excluding tert-OH is 1. The van der Waals surface area contributed by atoms with E-state index in [4.69, 9.17) is 5.11 Å². The van der Waals surface area contributed by atoms with Gasteiger partial charge >= 0.3 is 6.18 Å². The third kappa shape index (κ3) is 1.69. The molecule has 1 amide bonds. The van der Waals surface area contributed by atoms with Gasteiger partial charge < -0.3 is 10.4 Å². The standard InChI is InChI=1S/C6H8F3NO2/c7-6(8,9)3-1-5(12)10-4(3)2-11/h3-4,11H,1-2H2,(H,10,12). The van der Waals surface area contributed by atoms with Crippen LogP contribution in [0.3, 0.4) is 0 Å². The second-order valence-corrected chi connectivity index (χ2v) is 2.71. The van der Waals surface area contributed by atoms with Crippen molar-refractivity contribution in [1.82, 2.24) is 5.32 Å². The minimum atomic E-state index is -4.41. The van der Waals surface area contributed by atoms with E-state index in [9.17, 15) is 18.0 Å². The minimum Gasteiger partial charge on any atom is -0.394 e. The molecule has 3 nitrogen and oxygen atoms in total. The van der Waals surface area contributed by atoms with Crippen LogP contribution in [0.5, 0.6) is 0 Å². The summed E-state index contributed by atoms with van der Waals surface area (Å²) in [6, 6.07) is -1.17. The van der Waals surface area contributed by atoms with Crippen molar-refractivity contribution >= 4 is 5.91 Å². The first kappa shape index (κ1) is 9.31. The van der Waals surface area contributed by atoms with Crippen LogP contribution in [0.15, 0.2) is 0 Å². The van der Waals surface area contributed by atoms with Gasteiger partial charge in [-0.25, -0.2) is 0 Å². The van der Waals surface area contributed by atoms with E-state index in [2.05, 4.69) is 5.32 Å². The predicted octanol–water partition coefficient (Wildman–Crippen LogP) is 0.0457. The fourth-order valence-corrected chi connectivity index (χ4v) is 1.23. The van der Waals surface area contributed by atoms with E-state index in [1.165, 1.54) is 0 Å². The van der Waals surface area contributed by atoms with Crippen molar-refractivity contribution < 1.29 is 23.1 Å². The van der Waals surface area contributed by atoms with Crippen LogP contribution in [-0.2, 0) is 4.79 Å². The number of nitrogens with one attached hydrogen (secondary N) is 1.